The minimum absolute atomic E-state index is 0.0816. The van der Waals surface area contributed by atoms with Gasteiger partial charge in [0.25, 0.3) is 5.91 Å². The van der Waals surface area contributed by atoms with Crippen LogP contribution in [0, 0.1) is 5.82 Å². The van der Waals surface area contributed by atoms with E-state index < -0.39 is 0 Å². The molecule has 0 unspecified atom stereocenters. The molecule has 0 aliphatic rings. The highest BCUT2D eigenvalue weighted by Gasteiger charge is 2.14. The number of carbonyl (C=O) groups is 1. The Bertz CT molecular complexity index is 563. The first kappa shape index (κ1) is 13.0. The van der Waals surface area contributed by atoms with E-state index in [9.17, 15) is 9.18 Å². The van der Waals surface area contributed by atoms with Crippen LogP contribution in [0.15, 0.2) is 24.3 Å². The number of hydrogen-bond acceptors (Lipinski definition) is 3. The molecule has 0 saturated heterocycles. The molecule has 0 spiro atoms. The molecule has 96 valence electrons. The van der Waals surface area contributed by atoms with Crippen LogP contribution >= 0.6 is 11.3 Å². The molecule has 0 aliphatic carbocycles. The average Bonchev–Trinajstić information content (AvgIpc) is 2.78. The van der Waals surface area contributed by atoms with Crippen LogP contribution in [0.2, 0.25) is 0 Å². The van der Waals surface area contributed by atoms with E-state index in [1.54, 1.807) is 12.1 Å². The first-order valence-electron chi connectivity index (χ1n) is 5.75. The quantitative estimate of drug-likeness (QED) is 0.894. The highest BCUT2D eigenvalue weighted by Crippen LogP contribution is 2.26. The molecule has 2 aromatic rings. The Hall–Kier alpha value is -1.46. The van der Waals surface area contributed by atoms with Crippen molar-refractivity contribution in [3.05, 3.63) is 35.0 Å². The molecule has 1 aromatic heterocycles. The van der Waals surface area contributed by atoms with E-state index >= 15 is 0 Å². The van der Waals surface area contributed by atoms with E-state index in [0.717, 1.165) is 10.1 Å². The summed E-state index contributed by atoms with van der Waals surface area (Å²) in [5, 5.41) is 12.5. The highest BCUT2D eigenvalue weighted by molar-refractivity contribution is 7.20. The van der Waals surface area contributed by atoms with Gasteiger partial charge in [-0.1, -0.05) is 6.92 Å². The zero-order valence-electron chi connectivity index (χ0n) is 9.94. The van der Waals surface area contributed by atoms with Crippen molar-refractivity contribution in [2.75, 3.05) is 6.61 Å². The monoisotopic (exact) mass is 267 g/mol. The standard InChI is InChI=1S/C13H14FNO2S/c1-2-10(7-16)15-13(17)12-6-8-5-9(14)3-4-11(8)18-12/h3-6,10,16H,2,7H2,1H3,(H,15,17)/t10-/m0/s1. The predicted octanol–water partition coefficient (Wildman–Crippen LogP) is 2.54. The molecule has 5 heteroatoms. The van der Waals surface area contributed by atoms with Crippen LogP contribution in [0.25, 0.3) is 10.1 Å². The number of amides is 1. The van der Waals surface area contributed by atoms with Crippen LogP contribution < -0.4 is 5.32 Å². The Labute approximate surface area is 108 Å². The molecule has 1 atom stereocenters. The summed E-state index contributed by atoms with van der Waals surface area (Å²) < 4.78 is 13.9. The SMILES string of the molecule is CC[C@@H](CO)NC(=O)c1cc2cc(F)ccc2s1. The fourth-order valence-electron chi connectivity index (χ4n) is 1.66. The lowest BCUT2D eigenvalue weighted by molar-refractivity contribution is 0.0919. The van der Waals surface area contributed by atoms with Gasteiger partial charge >= 0.3 is 0 Å². The van der Waals surface area contributed by atoms with E-state index in [0.29, 0.717) is 11.3 Å². The summed E-state index contributed by atoms with van der Waals surface area (Å²) in [7, 11) is 0. The summed E-state index contributed by atoms with van der Waals surface area (Å²) >= 11 is 1.32. The van der Waals surface area contributed by atoms with Gasteiger partial charge < -0.3 is 10.4 Å². The topological polar surface area (TPSA) is 49.3 Å². The first-order chi connectivity index (χ1) is 8.63. The maximum Gasteiger partial charge on any atom is 0.261 e. The Morgan fingerprint density at radius 3 is 2.94 bits per heavy atom. The molecule has 0 aliphatic heterocycles. The van der Waals surface area contributed by atoms with E-state index in [1.807, 2.05) is 6.92 Å². The number of rotatable bonds is 4. The molecule has 0 radical (unpaired) electrons. The summed E-state index contributed by atoms with van der Waals surface area (Å²) in [6.07, 6.45) is 0.668. The molecule has 18 heavy (non-hydrogen) atoms. The van der Waals surface area contributed by atoms with Gasteiger partial charge in [-0.2, -0.15) is 0 Å². The van der Waals surface area contributed by atoms with E-state index in [4.69, 9.17) is 5.11 Å². The predicted molar refractivity (Wildman–Crippen MR) is 70.4 cm³/mol. The van der Waals surface area contributed by atoms with E-state index in [-0.39, 0.29) is 24.4 Å². The van der Waals surface area contributed by atoms with Gasteiger partial charge in [0.15, 0.2) is 0 Å². The lowest BCUT2D eigenvalue weighted by atomic mass is 10.2. The average molecular weight is 267 g/mol. The zero-order valence-corrected chi connectivity index (χ0v) is 10.8. The van der Waals surface area contributed by atoms with Gasteiger partial charge in [0.05, 0.1) is 17.5 Å². The van der Waals surface area contributed by atoms with Crippen LogP contribution in [0.1, 0.15) is 23.0 Å². The number of fused-ring (bicyclic) bond motifs is 1. The van der Waals surface area contributed by atoms with Crippen LogP contribution in [0.3, 0.4) is 0 Å². The molecule has 3 nitrogen and oxygen atoms in total. The zero-order chi connectivity index (χ0) is 13.1. The highest BCUT2D eigenvalue weighted by atomic mass is 32.1. The fourth-order valence-corrected chi connectivity index (χ4v) is 2.61. The lowest BCUT2D eigenvalue weighted by Crippen LogP contribution is -2.36. The number of hydrogen-bond donors (Lipinski definition) is 2. The number of aliphatic hydroxyl groups is 1. The van der Waals surface area contributed by atoms with Gasteiger partial charge in [0.1, 0.15) is 5.82 Å². The Kier molecular flexibility index (Phi) is 3.93. The largest absolute Gasteiger partial charge is 0.394 e. The van der Waals surface area contributed by atoms with Crippen LogP contribution in [0.5, 0.6) is 0 Å². The van der Waals surface area contributed by atoms with E-state index in [2.05, 4.69) is 5.32 Å². The maximum absolute atomic E-state index is 13.0. The van der Waals surface area contributed by atoms with Crippen molar-refractivity contribution >= 4 is 27.3 Å². The van der Waals surface area contributed by atoms with Gasteiger partial charge in [0.2, 0.25) is 0 Å². The molecular formula is C13H14FNO2S. The van der Waals surface area contributed by atoms with Gasteiger partial charge in [-0.15, -0.1) is 11.3 Å². The smallest absolute Gasteiger partial charge is 0.261 e. The minimum atomic E-state index is -0.311. The Morgan fingerprint density at radius 1 is 1.50 bits per heavy atom. The minimum Gasteiger partial charge on any atom is -0.394 e. The second kappa shape index (κ2) is 5.46. The van der Waals surface area contributed by atoms with Crippen LogP contribution in [-0.4, -0.2) is 23.7 Å². The van der Waals surface area contributed by atoms with Crippen molar-refractivity contribution in [1.82, 2.24) is 5.32 Å². The van der Waals surface area contributed by atoms with Crippen molar-refractivity contribution in [2.45, 2.75) is 19.4 Å². The Morgan fingerprint density at radius 2 is 2.28 bits per heavy atom. The Balaban J connectivity index is 2.23. The van der Waals surface area contributed by atoms with Gasteiger partial charge in [-0.3, -0.25) is 4.79 Å². The van der Waals surface area contributed by atoms with Crippen molar-refractivity contribution in [3.8, 4) is 0 Å². The van der Waals surface area contributed by atoms with Gasteiger partial charge in [-0.25, -0.2) is 4.39 Å². The molecule has 2 N–H and O–H groups in total. The molecule has 2 rings (SSSR count). The third-order valence-electron chi connectivity index (χ3n) is 2.75. The summed E-state index contributed by atoms with van der Waals surface area (Å²) in [4.78, 5) is 12.5. The number of halogens is 1. The maximum atomic E-state index is 13.0. The summed E-state index contributed by atoms with van der Waals surface area (Å²) in [5.41, 5.74) is 0. The molecule has 0 fully saturated rings. The van der Waals surface area contributed by atoms with Crippen LogP contribution in [-0.2, 0) is 0 Å². The third-order valence-corrected chi connectivity index (χ3v) is 3.87. The number of nitrogens with one attached hydrogen (secondary N) is 1. The van der Waals surface area contributed by atoms with Crippen molar-refractivity contribution in [2.24, 2.45) is 0 Å². The van der Waals surface area contributed by atoms with Crippen LogP contribution in [0.4, 0.5) is 4.39 Å². The molecule has 0 saturated carbocycles. The molecule has 1 aromatic carbocycles. The first-order valence-corrected chi connectivity index (χ1v) is 6.56. The number of carbonyl (C=O) groups excluding carboxylic acids is 1. The molecule has 1 amide bonds. The van der Waals surface area contributed by atoms with Crippen molar-refractivity contribution < 1.29 is 14.3 Å². The van der Waals surface area contributed by atoms with Crippen molar-refractivity contribution in [3.63, 3.8) is 0 Å². The number of thiophene rings is 1. The van der Waals surface area contributed by atoms with Crippen molar-refractivity contribution in [1.29, 1.82) is 0 Å². The number of benzene rings is 1. The third kappa shape index (κ3) is 2.68. The second-order valence-electron chi connectivity index (χ2n) is 4.05. The second-order valence-corrected chi connectivity index (χ2v) is 5.14. The van der Waals surface area contributed by atoms with Gasteiger partial charge in [0, 0.05) is 4.70 Å². The summed E-state index contributed by atoms with van der Waals surface area (Å²) in [6, 6.07) is 5.88. The molecule has 1 heterocycles. The normalized spacial score (nSPS) is 12.6. The van der Waals surface area contributed by atoms with Gasteiger partial charge in [-0.05, 0) is 36.1 Å². The fraction of sp³-hybridized carbons (Fsp3) is 0.308. The summed E-state index contributed by atoms with van der Waals surface area (Å²) in [6.45, 7) is 1.81. The summed E-state index contributed by atoms with van der Waals surface area (Å²) in [5.74, 6) is -0.536. The lowest BCUT2D eigenvalue weighted by Gasteiger charge is -2.12. The number of aliphatic hydroxyl groups excluding tert-OH is 1. The molecular weight excluding hydrogens is 253 g/mol. The molecule has 0 bridgehead atoms. The van der Waals surface area contributed by atoms with E-state index in [1.165, 1.54) is 23.5 Å².